The SMILES string of the molecule is COc1ccc(NC(=O)C(CCSC)NC(N)=O)c(OC)c1. The number of primary amides is 1. The largest absolute Gasteiger partial charge is 0.497 e. The second-order valence-electron chi connectivity index (χ2n) is 4.40. The van der Waals surface area contributed by atoms with E-state index in [1.807, 2.05) is 6.26 Å². The van der Waals surface area contributed by atoms with Crippen LogP contribution >= 0.6 is 11.8 Å². The molecule has 1 aromatic carbocycles. The second-order valence-corrected chi connectivity index (χ2v) is 5.38. The second kappa shape index (κ2) is 9.04. The van der Waals surface area contributed by atoms with Crippen LogP contribution in [0, 0.1) is 0 Å². The van der Waals surface area contributed by atoms with Crippen molar-refractivity contribution in [3.8, 4) is 11.5 Å². The minimum absolute atomic E-state index is 0.351. The summed E-state index contributed by atoms with van der Waals surface area (Å²) < 4.78 is 10.3. The van der Waals surface area contributed by atoms with E-state index in [1.165, 1.54) is 7.11 Å². The fourth-order valence-electron chi connectivity index (χ4n) is 1.80. The van der Waals surface area contributed by atoms with Crippen LogP contribution < -0.4 is 25.8 Å². The monoisotopic (exact) mass is 327 g/mol. The van der Waals surface area contributed by atoms with E-state index >= 15 is 0 Å². The van der Waals surface area contributed by atoms with Crippen molar-refractivity contribution in [3.05, 3.63) is 18.2 Å². The quantitative estimate of drug-likeness (QED) is 0.670. The van der Waals surface area contributed by atoms with Crippen molar-refractivity contribution in [1.29, 1.82) is 0 Å². The molecule has 0 spiro atoms. The van der Waals surface area contributed by atoms with Gasteiger partial charge in [-0.15, -0.1) is 0 Å². The van der Waals surface area contributed by atoms with Crippen molar-refractivity contribution in [2.45, 2.75) is 12.5 Å². The maximum absolute atomic E-state index is 12.3. The Hall–Kier alpha value is -2.09. The zero-order valence-corrected chi connectivity index (χ0v) is 13.7. The van der Waals surface area contributed by atoms with Crippen LogP contribution in [0.2, 0.25) is 0 Å². The summed E-state index contributed by atoms with van der Waals surface area (Å²) in [4.78, 5) is 23.3. The van der Waals surface area contributed by atoms with Gasteiger partial charge in [-0.25, -0.2) is 4.79 Å². The molecule has 0 fully saturated rings. The maximum Gasteiger partial charge on any atom is 0.312 e. The van der Waals surface area contributed by atoms with Crippen molar-refractivity contribution in [1.82, 2.24) is 5.32 Å². The number of thioether (sulfide) groups is 1. The minimum atomic E-state index is -0.733. The molecule has 0 aliphatic heterocycles. The molecule has 3 amide bonds. The first kappa shape index (κ1) is 18.0. The van der Waals surface area contributed by atoms with Crippen LogP contribution in [0.3, 0.4) is 0 Å². The molecule has 122 valence electrons. The van der Waals surface area contributed by atoms with Crippen LogP contribution in [0.4, 0.5) is 10.5 Å². The molecule has 0 saturated carbocycles. The molecule has 1 atom stereocenters. The highest BCUT2D eigenvalue weighted by Crippen LogP contribution is 2.29. The molecule has 0 aliphatic carbocycles. The van der Waals surface area contributed by atoms with Gasteiger partial charge in [0.15, 0.2) is 0 Å². The molecule has 1 aromatic rings. The van der Waals surface area contributed by atoms with Crippen LogP contribution in [0.1, 0.15) is 6.42 Å². The van der Waals surface area contributed by atoms with E-state index in [2.05, 4.69) is 10.6 Å². The average molecular weight is 327 g/mol. The van der Waals surface area contributed by atoms with E-state index in [0.717, 1.165) is 5.75 Å². The first-order valence-electron chi connectivity index (χ1n) is 6.59. The van der Waals surface area contributed by atoms with E-state index in [1.54, 1.807) is 37.1 Å². The van der Waals surface area contributed by atoms with Gasteiger partial charge < -0.3 is 25.8 Å². The van der Waals surface area contributed by atoms with Crippen molar-refractivity contribution >= 4 is 29.4 Å². The zero-order valence-electron chi connectivity index (χ0n) is 12.8. The van der Waals surface area contributed by atoms with Crippen LogP contribution in [0.15, 0.2) is 18.2 Å². The summed E-state index contributed by atoms with van der Waals surface area (Å²) >= 11 is 1.58. The summed E-state index contributed by atoms with van der Waals surface area (Å²) in [5.41, 5.74) is 5.61. The van der Waals surface area contributed by atoms with Crippen molar-refractivity contribution < 1.29 is 19.1 Å². The smallest absolute Gasteiger partial charge is 0.312 e. The lowest BCUT2D eigenvalue weighted by Gasteiger charge is -2.18. The highest BCUT2D eigenvalue weighted by atomic mass is 32.2. The third-order valence-electron chi connectivity index (χ3n) is 2.91. The Morgan fingerprint density at radius 1 is 1.32 bits per heavy atom. The Kier molecular flexibility index (Phi) is 7.38. The van der Waals surface area contributed by atoms with Crippen molar-refractivity contribution in [3.63, 3.8) is 0 Å². The third kappa shape index (κ3) is 5.36. The van der Waals surface area contributed by atoms with Crippen LogP contribution in [-0.2, 0) is 4.79 Å². The number of carbonyl (C=O) groups excluding carboxylic acids is 2. The van der Waals surface area contributed by atoms with Crippen LogP contribution in [0.25, 0.3) is 0 Å². The Labute approximate surface area is 133 Å². The lowest BCUT2D eigenvalue weighted by molar-refractivity contribution is -0.118. The van der Waals surface area contributed by atoms with Gasteiger partial charge in [0.05, 0.1) is 19.9 Å². The zero-order chi connectivity index (χ0) is 16.5. The molecule has 7 nitrogen and oxygen atoms in total. The van der Waals surface area contributed by atoms with Gasteiger partial charge in [0.1, 0.15) is 17.5 Å². The Morgan fingerprint density at radius 3 is 2.59 bits per heavy atom. The molecule has 0 bridgehead atoms. The first-order chi connectivity index (χ1) is 10.5. The number of nitrogens with one attached hydrogen (secondary N) is 2. The fourth-order valence-corrected chi connectivity index (χ4v) is 2.27. The molecule has 22 heavy (non-hydrogen) atoms. The number of methoxy groups -OCH3 is 2. The summed E-state index contributed by atoms with van der Waals surface area (Å²) in [5, 5.41) is 5.17. The molecule has 0 heterocycles. The molecule has 0 radical (unpaired) electrons. The predicted molar refractivity (Wildman–Crippen MR) is 87.7 cm³/mol. The Balaban J connectivity index is 2.85. The molecular formula is C14H21N3O4S. The molecule has 0 saturated heterocycles. The lowest BCUT2D eigenvalue weighted by atomic mass is 10.2. The van der Waals surface area contributed by atoms with Gasteiger partial charge in [0.2, 0.25) is 5.91 Å². The standard InChI is InChI=1S/C14H21N3O4S/c1-20-9-4-5-10(12(8-9)21-2)16-13(18)11(6-7-22-3)17-14(15)19/h4-5,8,11H,6-7H2,1-3H3,(H,16,18)(H3,15,17,19). The Morgan fingerprint density at radius 2 is 2.05 bits per heavy atom. The molecule has 0 aromatic heterocycles. The number of amides is 3. The van der Waals surface area contributed by atoms with Crippen molar-refractivity contribution in [2.24, 2.45) is 5.73 Å². The van der Waals surface area contributed by atoms with Gasteiger partial charge in [-0.1, -0.05) is 0 Å². The normalized spacial score (nSPS) is 11.4. The summed E-state index contributed by atoms with van der Waals surface area (Å²) in [6, 6.07) is 3.61. The van der Waals surface area contributed by atoms with Crippen molar-refractivity contribution in [2.75, 3.05) is 31.5 Å². The minimum Gasteiger partial charge on any atom is -0.497 e. The predicted octanol–water partition coefficient (Wildman–Crippen LogP) is 1.43. The molecule has 8 heteroatoms. The molecule has 0 aliphatic rings. The molecule has 1 rings (SSSR count). The van der Waals surface area contributed by atoms with E-state index in [4.69, 9.17) is 15.2 Å². The number of hydrogen-bond acceptors (Lipinski definition) is 5. The maximum atomic E-state index is 12.3. The number of urea groups is 1. The summed E-state index contributed by atoms with van der Waals surface area (Å²) in [6.45, 7) is 0. The van der Waals surface area contributed by atoms with Gasteiger partial charge in [-0.05, 0) is 30.6 Å². The number of benzene rings is 1. The summed E-state index contributed by atoms with van der Waals surface area (Å²) in [5.74, 6) is 1.45. The van der Waals surface area contributed by atoms with E-state index in [0.29, 0.717) is 23.6 Å². The number of hydrogen-bond donors (Lipinski definition) is 3. The number of ether oxygens (including phenoxy) is 2. The van der Waals surface area contributed by atoms with E-state index in [-0.39, 0.29) is 5.91 Å². The Bertz CT molecular complexity index is 525. The highest BCUT2D eigenvalue weighted by molar-refractivity contribution is 7.98. The first-order valence-corrected chi connectivity index (χ1v) is 7.99. The van der Waals surface area contributed by atoms with E-state index < -0.39 is 12.1 Å². The van der Waals surface area contributed by atoms with Gasteiger partial charge in [-0.3, -0.25) is 4.79 Å². The van der Waals surface area contributed by atoms with Gasteiger partial charge in [-0.2, -0.15) is 11.8 Å². The lowest BCUT2D eigenvalue weighted by Crippen LogP contribution is -2.46. The number of rotatable bonds is 8. The van der Waals surface area contributed by atoms with Crippen LogP contribution in [-0.4, -0.2) is 44.2 Å². The summed E-state index contributed by atoms with van der Waals surface area (Å²) in [7, 11) is 3.04. The van der Waals surface area contributed by atoms with Gasteiger partial charge >= 0.3 is 6.03 Å². The molecule has 4 N–H and O–H groups in total. The summed E-state index contributed by atoms with van der Waals surface area (Å²) in [6.07, 6.45) is 2.40. The number of anilines is 1. The third-order valence-corrected chi connectivity index (χ3v) is 3.55. The highest BCUT2D eigenvalue weighted by Gasteiger charge is 2.20. The van der Waals surface area contributed by atoms with Gasteiger partial charge in [0, 0.05) is 6.07 Å². The van der Waals surface area contributed by atoms with E-state index in [9.17, 15) is 9.59 Å². The van der Waals surface area contributed by atoms with Crippen LogP contribution in [0.5, 0.6) is 11.5 Å². The molecule has 1 unspecified atom stereocenters. The van der Waals surface area contributed by atoms with Gasteiger partial charge in [0.25, 0.3) is 0 Å². The number of nitrogens with two attached hydrogens (primary N) is 1. The molecular weight excluding hydrogens is 306 g/mol. The fraction of sp³-hybridized carbons (Fsp3) is 0.429. The average Bonchev–Trinajstić information content (AvgIpc) is 2.51. The topological polar surface area (TPSA) is 103 Å². The number of carbonyl (C=O) groups is 2.